The van der Waals surface area contributed by atoms with Crippen LogP contribution in [0.5, 0.6) is 0 Å². The van der Waals surface area contributed by atoms with Gasteiger partial charge in [0.05, 0.1) is 0 Å². The molecule has 166 valence electrons. The summed E-state index contributed by atoms with van der Waals surface area (Å²) in [6, 6.07) is 1.46. The first-order chi connectivity index (χ1) is 13.4. The van der Waals surface area contributed by atoms with E-state index in [2.05, 4.69) is 34.9 Å². The van der Waals surface area contributed by atoms with Crippen LogP contribution in [0.15, 0.2) is 24.3 Å². The Kier molecular flexibility index (Phi) is 8.99. The highest BCUT2D eigenvalue weighted by Gasteiger charge is 2.43. The summed E-state index contributed by atoms with van der Waals surface area (Å²) in [7, 11) is 0. The molecule has 5 aliphatic rings. The monoisotopic (exact) mass is 440 g/mol. The van der Waals surface area contributed by atoms with Crippen LogP contribution in [0.4, 0.5) is 0 Å². The minimum Gasteiger partial charge on any atom is -0.313 e. The van der Waals surface area contributed by atoms with Gasteiger partial charge >= 0.3 is 0 Å². The summed E-state index contributed by atoms with van der Waals surface area (Å²) in [5.41, 5.74) is 0. The van der Waals surface area contributed by atoms with E-state index in [1.807, 2.05) is 0 Å². The van der Waals surface area contributed by atoms with E-state index in [0.717, 1.165) is 47.6 Å². The van der Waals surface area contributed by atoms with Crippen LogP contribution in [0.3, 0.4) is 0 Å². The van der Waals surface area contributed by atoms with Crippen molar-refractivity contribution in [1.82, 2.24) is 10.6 Å². The number of fused-ring (bicyclic) bond motifs is 6. The number of rotatable bonds is 0. The first-order valence-electron chi connectivity index (χ1n) is 12.2. The molecule has 4 fully saturated rings. The van der Waals surface area contributed by atoms with E-state index in [1.54, 1.807) is 0 Å². The van der Waals surface area contributed by atoms with Crippen LogP contribution in [0.1, 0.15) is 70.6 Å². The summed E-state index contributed by atoms with van der Waals surface area (Å²) in [6.45, 7) is 2.39. The van der Waals surface area contributed by atoms with Crippen molar-refractivity contribution in [3.05, 3.63) is 24.3 Å². The largest absolute Gasteiger partial charge is 0.313 e. The van der Waals surface area contributed by atoms with Gasteiger partial charge in [-0.3, -0.25) is 0 Å². The van der Waals surface area contributed by atoms with Crippen molar-refractivity contribution in [2.45, 2.75) is 82.7 Å². The highest BCUT2D eigenvalue weighted by Crippen LogP contribution is 2.48. The summed E-state index contributed by atoms with van der Waals surface area (Å²) >= 11 is 0. The fraction of sp³-hybridized carbons (Fsp3) is 0.840. The average molecular weight is 442 g/mol. The molecule has 0 spiro atoms. The fourth-order valence-corrected chi connectivity index (χ4v) is 7.68. The third-order valence-electron chi connectivity index (χ3n) is 8.91. The molecule has 4 heteroatoms. The molecular weight excluding hydrogens is 399 g/mol. The molecule has 0 unspecified atom stereocenters. The second-order valence-electron chi connectivity index (χ2n) is 10.3. The standard InChI is InChI=1S/C25H40N2.2ClH/c1-3-10-20-18(8-1)16-24-22(20)12-5-6-13-23-21-11-4-2-9-19(21)17-25(23)27-15-7-14-26-24;;/h5-6,12-13,18-27H,1-4,7-11,14-17H2;2*1H/b12-5+,13-6+;;/t18-,19-,20+,21+,22-,23-,24+,25+;;/m0../s1. The van der Waals surface area contributed by atoms with Crippen molar-refractivity contribution in [2.75, 3.05) is 13.1 Å². The van der Waals surface area contributed by atoms with Crippen molar-refractivity contribution in [3.63, 3.8) is 0 Å². The van der Waals surface area contributed by atoms with Crippen molar-refractivity contribution in [2.24, 2.45) is 35.5 Å². The van der Waals surface area contributed by atoms with Gasteiger partial charge in [0.15, 0.2) is 0 Å². The maximum absolute atomic E-state index is 3.97. The number of hydrogen-bond acceptors (Lipinski definition) is 2. The predicted octanol–water partition coefficient (Wildman–Crippen LogP) is 5.92. The molecule has 29 heavy (non-hydrogen) atoms. The maximum Gasteiger partial charge on any atom is 0.0135 e. The highest BCUT2D eigenvalue weighted by molar-refractivity contribution is 5.85. The molecule has 0 bridgehead atoms. The third kappa shape index (κ3) is 5.08. The molecule has 4 aliphatic carbocycles. The Morgan fingerprint density at radius 3 is 1.48 bits per heavy atom. The molecule has 0 amide bonds. The molecule has 0 aromatic rings. The molecule has 1 aliphatic heterocycles. The highest BCUT2D eigenvalue weighted by atomic mass is 35.5. The topological polar surface area (TPSA) is 24.1 Å². The average Bonchev–Trinajstić information content (AvgIpc) is 3.22. The Hall–Kier alpha value is -0.0200. The zero-order valence-corrected chi connectivity index (χ0v) is 19.6. The summed E-state index contributed by atoms with van der Waals surface area (Å²) in [5, 5.41) is 7.94. The molecule has 0 saturated heterocycles. The zero-order chi connectivity index (χ0) is 18.1. The van der Waals surface area contributed by atoms with Gasteiger partial charge < -0.3 is 10.6 Å². The van der Waals surface area contributed by atoms with Crippen LogP contribution < -0.4 is 10.6 Å². The molecule has 0 radical (unpaired) electrons. The Morgan fingerprint density at radius 1 is 0.552 bits per heavy atom. The van der Waals surface area contributed by atoms with Crippen molar-refractivity contribution >= 4 is 24.8 Å². The lowest BCUT2D eigenvalue weighted by atomic mass is 9.77. The normalized spacial score (nSPS) is 46.6. The summed E-state index contributed by atoms with van der Waals surface area (Å²) < 4.78 is 0. The molecule has 4 saturated carbocycles. The molecule has 5 rings (SSSR count). The van der Waals surface area contributed by atoms with Crippen molar-refractivity contribution in [3.8, 4) is 0 Å². The van der Waals surface area contributed by atoms with Gasteiger partial charge in [-0.2, -0.15) is 0 Å². The molecular formula is C25H42Cl2N2. The number of nitrogens with one attached hydrogen (secondary N) is 2. The maximum atomic E-state index is 3.97. The SMILES string of the molecule is C1=C/[C@H]2[C@@H]3CCCC[C@H]3C[C@H]2NCCCN[C@@H]2C[C@@H]3CCCC[C@H]3[C@@H]2/C=C/1.Cl.Cl. The van der Waals surface area contributed by atoms with Gasteiger partial charge in [-0.15, -0.1) is 24.8 Å². The van der Waals surface area contributed by atoms with Crippen LogP contribution in [-0.2, 0) is 0 Å². The van der Waals surface area contributed by atoms with E-state index in [9.17, 15) is 0 Å². The lowest BCUT2D eigenvalue weighted by Crippen LogP contribution is -2.37. The van der Waals surface area contributed by atoms with Gasteiger partial charge in [-0.25, -0.2) is 0 Å². The quantitative estimate of drug-likeness (QED) is 0.488. The van der Waals surface area contributed by atoms with E-state index in [1.165, 1.54) is 83.7 Å². The van der Waals surface area contributed by atoms with E-state index >= 15 is 0 Å². The van der Waals surface area contributed by atoms with Gasteiger partial charge in [0, 0.05) is 12.1 Å². The second kappa shape index (κ2) is 11.0. The Bertz CT molecular complexity index is 515. The van der Waals surface area contributed by atoms with Gasteiger partial charge in [0.2, 0.25) is 0 Å². The van der Waals surface area contributed by atoms with Gasteiger partial charge in [0.25, 0.3) is 0 Å². The van der Waals surface area contributed by atoms with Gasteiger partial charge in [-0.1, -0.05) is 62.8 Å². The molecule has 1 heterocycles. The number of hydrogen-bond donors (Lipinski definition) is 2. The number of halogens is 2. The second-order valence-corrected chi connectivity index (χ2v) is 10.3. The Morgan fingerprint density at radius 2 is 1.00 bits per heavy atom. The minimum atomic E-state index is 0. The van der Waals surface area contributed by atoms with E-state index in [-0.39, 0.29) is 24.8 Å². The van der Waals surface area contributed by atoms with Crippen LogP contribution in [0.25, 0.3) is 0 Å². The van der Waals surface area contributed by atoms with E-state index < -0.39 is 0 Å². The van der Waals surface area contributed by atoms with Crippen molar-refractivity contribution < 1.29 is 0 Å². The fourth-order valence-electron chi connectivity index (χ4n) is 7.68. The van der Waals surface area contributed by atoms with Crippen LogP contribution in [-0.4, -0.2) is 25.2 Å². The molecule has 8 atom stereocenters. The van der Waals surface area contributed by atoms with Gasteiger partial charge in [-0.05, 0) is 80.7 Å². The molecule has 0 aromatic carbocycles. The predicted molar refractivity (Wildman–Crippen MR) is 128 cm³/mol. The molecule has 2 nitrogen and oxygen atoms in total. The van der Waals surface area contributed by atoms with Crippen molar-refractivity contribution in [1.29, 1.82) is 0 Å². The van der Waals surface area contributed by atoms with Crippen LogP contribution in [0, 0.1) is 35.5 Å². The van der Waals surface area contributed by atoms with Crippen LogP contribution >= 0.6 is 24.8 Å². The third-order valence-corrected chi connectivity index (χ3v) is 8.91. The molecule has 0 aromatic heterocycles. The first kappa shape index (κ1) is 23.6. The van der Waals surface area contributed by atoms with Crippen LogP contribution in [0.2, 0.25) is 0 Å². The minimum absolute atomic E-state index is 0. The zero-order valence-electron chi connectivity index (χ0n) is 17.9. The Balaban J connectivity index is 0.00000120. The summed E-state index contributed by atoms with van der Waals surface area (Å²) in [6.07, 6.45) is 26.0. The summed E-state index contributed by atoms with van der Waals surface area (Å²) in [5.74, 6) is 5.43. The Labute approximate surface area is 190 Å². The molecule has 2 N–H and O–H groups in total. The lowest BCUT2D eigenvalue weighted by Gasteiger charge is -2.28. The lowest BCUT2D eigenvalue weighted by molar-refractivity contribution is 0.247. The van der Waals surface area contributed by atoms with E-state index in [0.29, 0.717) is 0 Å². The summed E-state index contributed by atoms with van der Waals surface area (Å²) in [4.78, 5) is 0. The van der Waals surface area contributed by atoms with Gasteiger partial charge in [0.1, 0.15) is 0 Å². The number of allylic oxidation sites excluding steroid dienone is 2. The smallest absolute Gasteiger partial charge is 0.0135 e. The van der Waals surface area contributed by atoms with E-state index in [4.69, 9.17) is 0 Å². The first-order valence-corrected chi connectivity index (χ1v) is 12.2.